The number of halogens is 1. The highest BCUT2D eigenvalue weighted by molar-refractivity contribution is 7.11. The lowest BCUT2D eigenvalue weighted by Gasteiger charge is -2.10. The number of rotatable bonds is 5. The smallest absolute Gasteiger partial charge is 0.273 e. The number of amides is 1. The van der Waals surface area contributed by atoms with Gasteiger partial charge in [0, 0.05) is 18.0 Å². The molecule has 1 saturated heterocycles. The van der Waals surface area contributed by atoms with Gasteiger partial charge in [-0.3, -0.25) is 14.2 Å². The first-order valence-electron chi connectivity index (χ1n) is 10.1. The van der Waals surface area contributed by atoms with E-state index in [9.17, 15) is 19.2 Å². The summed E-state index contributed by atoms with van der Waals surface area (Å²) in [7, 11) is 0. The molecule has 32 heavy (non-hydrogen) atoms. The summed E-state index contributed by atoms with van der Waals surface area (Å²) < 4.78 is 20.9. The van der Waals surface area contributed by atoms with Gasteiger partial charge in [-0.25, -0.2) is 4.39 Å². The molecule has 1 aliphatic heterocycles. The van der Waals surface area contributed by atoms with Crippen molar-refractivity contribution in [1.82, 2.24) is 9.88 Å². The quantitative estimate of drug-likeness (QED) is 0.621. The molecule has 0 spiro atoms. The average molecular weight is 470 g/mol. The highest BCUT2D eigenvalue weighted by Gasteiger charge is 2.20. The van der Waals surface area contributed by atoms with Crippen LogP contribution in [0.25, 0.3) is 17.3 Å². The van der Waals surface area contributed by atoms with Crippen molar-refractivity contribution in [3.05, 3.63) is 71.5 Å². The van der Waals surface area contributed by atoms with Crippen molar-refractivity contribution >= 4 is 40.2 Å². The number of carbonyl (C=O) groups is 1. The number of hydrogen-bond acceptors (Lipinski definition) is 6. The minimum absolute atomic E-state index is 0.0766. The van der Waals surface area contributed by atoms with Crippen LogP contribution in [0.1, 0.15) is 23.3 Å². The fourth-order valence-corrected chi connectivity index (χ4v) is 5.44. The molecule has 0 aliphatic carbocycles. The number of hydrogen-bond donors (Lipinski definition) is 1. The normalized spacial score (nSPS) is 17.3. The van der Waals surface area contributed by atoms with Gasteiger partial charge in [0.05, 0.1) is 16.3 Å². The van der Waals surface area contributed by atoms with Gasteiger partial charge in [0.2, 0.25) is 0 Å². The SMILES string of the molecule is Cc1ccsc1C=c1sc(=C(C#N)C(=O)NCC2CCCO2)n(-c2ccc(F)cc2)c1=O. The van der Waals surface area contributed by atoms with Gasteiger partial charge in [-0.2, -0.15) is 5.26 Å². The van der Waals surface area contributed by atoms with E-state index in [2.05, 4.69) is 5.32 Å². The van der Waals surface area contributed by atoms with Crippen LogP contribution in [0.4, 0.5) is 4.39 Å². The average Bonchev–Trinajstić information content (AvgIpc) is 3.51. The highest BCUT2D eigenvalue weighted by Crippen LogP contribution is 2.16. The zero-order valence-corrected chi connectivity index (χ0v) is 18.9. The Morgan fingerprint density at radius 1 is 1.38 bits per heavy atom. The number of thiophene rings is 1. The maximum absolute atomic E-state index is 13.5. The van der Waals surface area contributed by atoms with E-state index in [0.717, 1.165) is 34.6 Å². The third-order valence-corrected chi connectivity index (χ3v) is 7.20. The molecule has 1 aromatic carbocycles. The Morgan fingerprint density at radius 2 is 2.16 bits per heavy atom. The van der Waals surface area contributed by atoms with Crippen molar-refractivity contribution in [2.45, 2.75) is 25.9 Å². The zero-order valence-electron chi connectivity index (χ0n) is 17.3. The van der Waals surface area contributed by atoms with Gasteiger partial charge in [-0.05, 0) is 67.1 Å². The predicted molar refractivity (Wildman–Crippen MR) is 123 cm³/mol. The molecule has 3 aromatic rings. The van der Waals surface area contributed by atoms with Gasteiger partial charge < -0.3 is 10.1 Å². The summed E-state index contributed by atoms with van der Waals surface area (Å²) in [5.74, 6) is -1.02. The van der Waals surface area contributed by atoms with Crippen molar-refractivity contribution in [2.24, 2.45) is 0 Å². The van der Waals surface area contributed by atoms with E-state index in [1.54, 1.807) is 6.08 Å². The van der Waals surface area contributed by atoms with Crippen LogP contribution in [0.2, 0.25) is 0 Å². The third kappa shape index (κ3) is 4.58. The van der Waals surface area contributed by atoms with Crippen molar-refractivity contribution < 1.29 is 13.9 Å². The number of carbonyl (C=O) groups excluding carboxylic acids is 1. The first kappa shape index (κ1) is 22.1. The molecule has 2 aromatic heterocycles. The maximum atomic E-state index is 13.5. The Bertz CT molecular complexity index is 1360. The summed E-state index contributed by atoms with van der Waals surface area (Å²) in [6.07, 6.45) is 3.47. The lowest BCUT2D eigenvalue weighted by atomic mass is 10.2. The number of aromatic nitrogens is 1. The summed E-state index contributed by atoms with van der Waals surface area (Å²) in [6, 6.07) is 9.28. The van der Waals surface area contributed by atoms with Gasteiger partial charge in [0.25, 0.3) is 11.5 Å². The van der Waals surface area contributed by atoms with Crippen LogP contribution in [0, 0.1) is 24.1 Å². The third-order valence-electron chi connectivity index (χ3n) is 5.14. The summed E-state index contributed by atoms with van der Waals surface area (Å²) in [5.41, 5.74) is 0.863. The summed E-state index contributed by atoms with van der Waals surface area (Å²) >= 11 is 2.56. The molecule has 1 fully saturated rings. The van der Waals surface area contributed by atoms with Crippen LogP contribution in [-0.2, 0) is 9.53 Å². The Morgan fingerprint density at radius 3 is 2.78 bits per heavy atom. The second-order valence-corrected chi connectivity index (χ2v) is 9.31. The van der Waals surface area contributed by atoms with E-state index in [0.29, 0.717) is 23.4 Å². The Labute approximate surface area is 191 Å². The van der Waals surface area contributed by atoms with Crippen LogP contribution in [0.5, 0.6) is 0 Å². The van der Waals surface area contributed by atoms with Crippen LogP contribution < -0.4 is 20.1 Å². The molecule has 6 nitrogen and oxygen atoms in total. The van der Waals surface area contributed by atoms with Crippen molar-refractivity contribution in [1.29, 1.82) is 5.26 Å². The summed E-state index contributed by atoms with van der Waals surface area (Å²) in [5, 5.41) is 14.5. The molecule has 1 amide bonds. The molecular weight excluding hydrogens is 449 g/mol. The summed E-state index contributed by atoms with van der Waals surface area (Å²) in [6.45, 7) is 2.90. The number of ether oxygens (including phenoxy) is 1. The topological polar surface area (TPSA) is 84.1 Å². The fourth-order valence-electron chi connectivity index (χ4n) is 3.42. The zero-order chi connectivity index (χ0) is 22.7. The van der Waals surface area contributed by atoms with Gasteiger partial charge in [-0.1, -0.05) is 0 Å². The van der Waals surface area contributed by atoms with Crippen LogP contribution in [0.3, 0.4) is 0 Å². The van der Waals surface area contributed by atoms with Crippen LogP contribution in [-0.4, -0.2) is 29.7 Å². The molecule has 0 bridgehead atoms. The molecule has 0 radical (unpaired) electrons. The predicted octanol–water partition coefficient (Wildman–Crippen LogP) is 2.21. The second kappa shape index (κ2) is 9.61. The summed E-state index contributed by atoms with van der Waals surface area (Å²) in [4.78, 5) is 27.1. The van der Waals surface area contributed by atoms with Crippen molar-refractivity contribution in [2.75, 3.05) is 13.2 Å². The van der Waals surface area contributed by atoms with E-state index in [4.69, 9.17) is 4.74 Å². The van der Waals surface area contributed by atoms with Crippen molar-refractivity contribution in [3.63, 3.8) is 0 Å². The van der Waals surface area contributed by atoms with Gasteiger partial charge in [0.1, 0.15) is 16.5 Å². The van der Waals surface area contributed by atoms with Crippen LogP contribution in [0.15, 0.2) is 40.5 Å². The molecule has 0 saturated carbocycles. The number of nitrogens with zero attached hydrogens (tertiary/aromatic N) is 2. The molecule has 1 aliphatic rings. The number of benzene rings is 1. The fraction of sp³-hybridized carbons (Fsp3) is 0.261. The minimum Gasteiger partial charge on any atom is -0.376 e. The lowest BCUT2D eigenvalue weighted by molar-refractivity contribution is -0.116. The first-order valence-corrected chi connectivity index (χ1v) is 11.8. The van der Waals surface area contributed by atoms with E-state index in [-0.39, 0.29) is 21.9 Å². The number of aryl methyl sites for hydroxylation is 1. The molecule has 1 atom stereocenters. The molecule has 1 unspecified atom stereocenters. The Kier molecular flexibility index (Phi) is 6.65. The molecule has 3 heterocycles. The standard InChI is InChI=1S/C23H20FN3O3S2/c1-14-8-10-31-19(14)11-20-22(29)27(16-6-4-15(24)5-7-16)23(32-20)18(12-25)21(28)26-13-17-3-2-9-30-17/h4-8,10-11,17H,2-3,9,13H2,1H3,(H,26,28). The van der Waals surface area contributed by atoms with E-state index >= 15 is 0 Å². The maximum Gasteiger partial charge on any atom is 0.273 e. The van der Waals surface area contributed by atoms with Crippen LogP contribution >= 0.6 is 22.7 Å². The highest BCUT2D eigenvalue weighted by atomic mass is 32.1. The number of nitriles is 1. The van der Waals surface area contributed by atoms with Gasteiger partial charge in [0.15, 0.2) is 5.57 Å². The number of nitrogens with one attached hydrogen (secondary N) is 1. The molecule has 9 heteroatoms. The first-order chi connectivity index (χ1) is 15.5. The molecule has 1 N–H and O–H groups in total. The lowest BCUT2D eigenvalue weighted by Crippen LogP contribution is -2.36. The Balaban J connectivity index is 1.87. The van der Waals surface area contributed by atoms with E-state index in [1.165, 1.54) is 40.2 Å². The molecule has 164 valence electrons. The van der Waals surface area contributed by atoms with E-state index < -0.39 is 11.7 Å². The largest absolute Gasteiger partial charge is 0.376 e. The molecular formula is C23H20FN3O3S2. The second-order valence-electron chi connectivity index (χ2n) is 7.33. The monoisotopic (exact) mass is 469 g/mol. The van der Waals surface area contributed by atoms with Gasteiger partial charge >= 0.3 is 0 Å². The van der Waals surface area contributed by atoms with Crippen molar-refractivity contribution in [3.8, 4) is 11.8 Å². The Hall–Kier alpha value is -3.06. The minimum atomic E-state index is -0.570. The molecule has 4 rings (SSSR count). The van der Waals surface area contributed by atoms with E-state index in [1.807, 2.05) is 24.4 Å². The van der Waals surface area contributed by atoms with Gasteiger partial charge in [-0.15, -0.1) is 22.7 Å². The number of thiazole rings is 1.